The molecule has 2 heterocycles. The number of amides is 1. The van der Waals surface area contributed by atoms with Crippen molar-refractivity contribution in [1.82, 2.24) is 15.6 Å². The number of H-pyrrole nitrogens is 1. The molecule has 3 rings (SSSR count). The number of hydrogen-bond donors (Lipinski definition) is 2. The standard InChI is InChI=1S/C18H15ClN4O2S/c1-25-15-7-3-2-5-12(15)6-4-10-20-23-18(24)14-11-13(21-22-14)16-8-9-17(19)26-16/h2-11H,1H3,(H,21,22)(H,23,24)/b6-4+,20-10-. The summed E-state index contributed by atoms with van der Waals surface area (Å²) in [5, 5.41) is 10.7. The molecule has 0 bridgehead atoms. The number of allylic oxidation sites excluding steroid dienone is 1. The molecule has 0 aliphatic heterocycles. The average Bonchev–Trinajstić information content (AvgIpc) is 3.30. The van der Waals surface area contributed by atoms with Gasteiger partial charge in [0, 0.05) is 11.8 Å². The fourth-order valence-corrected chi connectivity index (χ4v) is 3.18. The molecule has 26 heavy (non-hydrogen) atoms. The van der Waals surface area contributed by atoms with Crippen molar-refractivity contribution in [3.8, 4) is 16.3 Å². The first-order valence-corrected chi connectivity index (χ1v) is 8.81. The molecule has 0 radical (unpaired) electrons. The van der Waals surface area contributed by atoms with Crippen LogP contribution in [0.15, 0.2) is 53.6 Å². The molecule has 0 aliphatic rings. The highest BCUT2D eigenvalue weighted by atomic mass is 35.5. The number of thiophene rings is 1. The van der Waals surface area contributed by atoms with Crippen LogP contribution in [0.5, 0.6) is 5.75 Å². The number of hydrogen-bond acceptors (Lipinski definition) is 5. The summed E-state index contributed by atoms with van der Waals surface area (Å²) in [4.78, 5) is 13.0. The molecule has 0 fully saturated rings. The number of aromatic nitrogens is 2. The van der Waals surface area contributed by atoms with Gasteiger partial charge in [0.1, 0.15) is 5.75 Å². The van der Waals surface area contributed by atoms with Crippen LogP contribution in [0.4, 0.5) is 0 Å². The van der Waals surface area contributed by atoms with E-state index in [1.807, 2.05) is 36.4 Å². The minimum atomic E-state index is -0.405. The zero-order valence-electron chi connectivity index (χ0n) is 13.8. The van der Waals surface area contributed by atoms with Crippen molar-refractivity contribution in [3.63, 3.8) is 0 Å². The van der Waals surface area contributed by atoms with E-state index in [1.54, 1.807) is 25.3 Å². The van der Waals surface area contributed by atoms with Crippen LogP contribution in [0.25, 0.3) is 16.6 Å². The predicted molar refractivity (Wildman–Crippen MR) is 105 cm³/mol. The average molecular weight is 387 g/mol. The van der Waals surface area contributed by atoms with Crippen molar-refractivity contribution in [1.29, 1.82) is 0 Å². The summed E-state index contributed by atoms with van der Waals surface area (Å²) >= 11 is 7.32. The fraction of sp³-hybridized carbons (Fsp3) is 0.0556. The molecule has 0 unspecified atom stereocenters. The molecule has 132 valence electrons. The van der Waals surface area contributed by atoms with Crippen LogP contribution < -0.4 is 10.2 Å². The van der Waals surface area contributed by atoms with Crippen molar-refractivity contribution >= 4 is 41.1 Å². The fourth-order valence-electron chi connectivity index (χ4n) is 2.17. The second-order valence-electron chi connectivity index (χ2n) is 5.09. The van der Waals surface area contributed by atoms with E-state index in [0.29, 0.717) is 4.34 Å². The molecule has 8 heteroatoms. The topological polar surface area (TPSA) is 79.4 Å². The zero-order valence-corrected chi connectivity index (χ0v) is 15.3. The van der Waals surface area contributed by atoms with Crippen LogP contribution in [-0.4, -0.2) is 29.4 Å². The van der Waals surface area contributed by atoms with E-state index in [4.69, 9.17) is 16.3 Å². The Morgan fingerprint density at radius 2 is 2.19 bits per heavy atom. The largest absolute Gasteiger partial charge is 0.496 e. The summed E-state index contributed by atoms with van der Waals surface area (Å²) in [6, 6.07) is 12.9. The third-order valence-electron chi connectivity index (χ3n) is 3.39. The molecule has 1 amide bonds. The zero-order chi connectivity index (χ0) is 18.4. The molecule has 2 N–H and O–H groups in total. The lowest BCUT2D eigenvalue weighted by molar-refractivity contribution is 0.0950. The van der Waals surface area contributed by atoms with Gasteiger partial charge in [-0.25, -0.2) is 5.43 Å². The number of carbonyl (C=O) groups is 1. The number of methoxy groups -OCH3 is 1. The molecule has 0 atom stereocenters. The SMILES string of the molecule is COc1ccccc1/C=C/C=N\NC(=O)c1cc(-c2ccc(Cl)s2)[nH]n1. The first kappa shape index (κ1) is 17.9. The number of carbonyl (C=O) groups excluding carboxylic acids is 1. The Hall–Kier alpha value is -2.90. The molecule has 0 saturated carbocycles. The Kier molecular flexibility index (Phi) is 5.83. The highest BCUT2D eigenvalue weighted by Crippen LogP contribution is 2.29. The molecule has 2 aromatic heterocycles. The Morgan fingerprint density at radius 3 is 2.96 bits per heavy atom. The Labute approximate surface area is 159 Å². The third-order valence-corrected chi connectivity index (χ3v) is 4.66. The van der Waals surface area contributed by atoms with Gasteiger partial charge in [-0.05, 0) is 36.4 Å². The molecular formula is C18H15ClN4O2S. The van der Waals surface area contributed by atoms with E-state index in [2.05, 4.69) is 20.7 Å². The molecule has 3 aromatic rings. The van der Waals surface area contributed by atoms with Crippen LogP contribution in [0.3, 0.4) is 0 Å². The highest BCUT2D eigenvalue weighted by molar-refractivity contribution is 7.19. The molecule has 0 spiro atoms. The van der Waals surface area contributed by atoms with Crippen LogP contribution in [0, 0.1) is 0 Å². The normalized spacial score (nSPS) is 11.3. The van der Waals surface area contributed by atoms with Gasteiger partial charge in [-0.3, -0.25) is 9.89 Å². The number of aromatic amines is 1. The number of benzene rings is 1. The second kappa shape index (κ2) is 8.46. The second-order valence-corrected chi connectivity index (χ2v) is 6.81. The van der Waals surface area contributed by atoms with Crippen molar-refractivity contribution in [2.75, 3.05) is 7.11 Å². The van der Waals surface area contributed by atoms with E-state index in [1.165, 1.54) is 17.6 Å². The Bertz CT molecular complexity index is 962. The van der Waals surface area contributed by atoms with Crippen LogP contribution in [0.2, 0.25) is 4.34 Å². The smallest absolute Gasteiger partial charge is 0.291 e. The van der Waals surface area contributed by atoms with Gasteiger partial charge in [-0.15, -0.1) is 11.3 Å². The Morgan fingerprint density at radius 1 is 1.35 bits per heavy atom. The number of hydrazone groups is 1. The summed E-state index contributed by atoms with van der Waals surface area (Å²) in [5.74, 6) is 0.357. The van der Waals surface area contributed by atoms with E-state index >= 15 is 0 Å². The van der Waals surface area contributed by atoms with Crippen molar-refractivity contribution in [3.05, 3.63) is 64.1 Å². The molecule has 1 aromatic carbocycles. The van der Waals surface area contributed by atoms with E-state index < -0.39 is 5.91 Å². The number of nitrogens with zero attached hydrogens (tertiary/aromatic N) is 2. The number of para-hydroxylation sites is 1. The van der Waals surface area contributed by atoms with Crippen molar-refractivity contribution < 1.29 is 9.53 Å². The van der Waals surface area contributed by atoms with Gasteiger partial charge in [-0.2, -0.15) is 10.2 Å². The third kappa shape index (κ3) is 4.38. The predicted octanol–water partition coefficient (Wildman–Crippen LogP) is 4.23. The molecule has 0 saturated heterocycles. The van der Waals surface area contributed by atoms with E-state index in [9.17, 15) is 4.79 Å². The maximum absolute atomic E-state index is 12.1. The van der Waals surface area contributed by atoms with Gasteiger partial charge in [-0.1, -0.05) is 29.8 Å². The van der Waals surface area contributed by atoms with Gasteiger partial charge in [0.2, 0.25) is 0 Å². The van der Waals surface area contributed by atoms with E-state index in [0.717, 1.165) is 21.9 Å². The van der Waals surface area contributed by atoms with Gasteiger partial charge >= 0.3 is 0 Å². The lowest BCUT2D eigenvalue weighted by Crippen LogP contribution is -2.17. The van der Waals surface area contributed by atoms with Gasteiger partial charge < -0.3 is 4.74 Å². The first-order valence-electron chi connectivity index (χ1n) is 7.61. The maximum atomic E-state index is 12.1. The van der Waals surface area contributed by atoms with E-state index in [-0.39, 0.29) is 5.69 Å². The molecule has 6 nitrogen and oxygen atoms in total. The van der Waals surface area contributed by atoms with Crippen LogP contribution in [-0.2, 0) is 0 Å². The summed E-state index contributed by atoms with van der Waals surface area (Å²) in [6.45, 7) is 0. The lowest BCUT2D eigenvalue weighted by atomic mass is 10.2. The number of rotatable bonds is 6. The van der Waals surface area contributed by atoms with Crippen LogP contribution >= 0.6 is 22.9 Å². The Balaban J connectivity index is 1.58. The van der Waals surface area contributed by atoms with Gasteiger partial charge in [0.15, 0.2) is 5.69 Å². The number of nitrogens with one attached hydrogen (secondary N) is 2. The molecule has 0 aliphatic carbocycles. The quantitative estimate of drug-likeness (QED) is 0.491. The number of ether oxygens (including phenoxy) is 1. The van der Waals surface area contributed by atoms with Crippen molar-refractivity contribution in [2.45, 2.75) is 0 Å². The summed E-state index contributed by atoms with van der Waals surface area (Å²) in [7, 11) is 1.61. The van der Waals surface area contributed by atoms with Gasteiger partial charge in [0.25, 0.3) is 5.91 Å². The first-order chi connectivity index (χ1) is 12.7. The minimum Gasteiger partial charge on any atom is -0.496 e. The van der Waals surface area contributed by atoms with Crippen molar-refractivity contribution in [2.24, 2.45) is 5.10 Å². The molecular weight excluding hydrogens is 372 g/mol. The monoisotopic (exact) mass is 386 g/mol. The van der Waals surface area contributed by atoms with Crippen LogP contribution in [0.1, 0.15) is 16.1 Å². The summed E-state index contributed by atoms with van der Waals surface area (Å²) < 4.78 is 5.93. The minimum absolute atomic E-state index is 0.246. The maximum Gasteiger partial charge on any atom is 0.291 e. The van der Waals surface area contributed by atoms with Gasteiger partial charge in [0.05, 0.1) is 22.0 Å². The summed E-state index contributed by atoms with van der Waals surface area (Å²) in [6.07, 6.45) is 5.03. The lowest BCUT2D eigenvalue weighted by Gasteiger charge is -2.02. The summed E-state index contributed by atoms with van der Waals surface area (Å²) in [5.41, 5.74) is 4.32. The number of halogens is 1. The highest BCUT2D eigenvalue weighted by Gasteiger charge is 2.11.